The zero-order valence-electron chi connectivity index (χ0n) is 7.50. The number of thiol groups is 1. The van der Waals surface area contributed by atoms with E-state index in [-0.39, 0.29) is 0 Å². The Morgan fingerprint density at radius 1 is 1.42 bits per heavy atom. The van der Waals surface area contributed by atoms with Gasteiger partial charge in [0, 0.05) is 17.8 Å². The van der Waals surface area contributed by atoms with Crippen LogP contribution in [0.2, 0.25) is 0 Å². The fraction of sp³-hybridized carbons (Fsp3) is 0.500. The minimum absolute atomic E-state index is 0.382. The summed E-state index contributed by atoms with van der Waals surface area (Å²) < 4.78 is 0. The zero-order chi connectivity index (χ0) is 9.14. The average molecular weight is 183 g/mol. The maximum absolute atomic E-state index is 4.12. The lowest BCUT2D eigenvalue weighted by Gasteiger charge is -2.09. The molecule has 0 saturated heterocycles. The number of nitrogens with zero attached hydrogens (tertiary/aromatic N) is 2. The molecule has 1 rings (SSSR count). The molecule has 0 amide bonds. The van der Waals surface area contributed by atoms with Crippen LogP contribution in [0.5, 0.6) is 0 Å². The van der Waals surface area contributed by atoms with Gasteiger partial charge in [0.1, 0.15) is 5.82 Å². The molecular formula is C8H13N3S. The lowest BCUT2D eigenvalue weighted by atomic mass is 10.3. The van der Waals surface area contributed by atoms with Crippen molar-refractivity contribution in [1.29, 1.82) is 0 Å². The Morgan fingerprint density at radius 2 is 2.08 bits per heavy atom. The lowest BCUT2D eigenvalue weighted by molar-refractivity contribution is 0.861. The summed E-state index contributed by atoms with van der Waals surface area (Å²) in [6, 6.07) is 2.28. The van der Waals surface area contributed by atoms with Crippen LogP contribution >= 0.6 is 12.6 Å². The Morgan fingerprint density at radius 3 is 2.58 bits per heavy atom. The number of anilines is 1. The smallest absolute Gasteiger partial charge is 0.186 e. The molecule has 0 spiro atoms. The Bertz CT molecular complexity index is 253. The summed E-state index contributed by atoms with van der Waals surface area (Å²) >= 11 is 4.08. The number of aryl methyl sites for hydroxylation is 1. The van der Waals surface area contributed by atoms with Crippen molar-refractivity contribution >= 4 is 18.4 Å². The lowest BCUT2D eigenvalue weighted by Crippen LogP contribution is -2.11. The van der Waals surface area contributed by atoms with Crippen molar-refractivity contribution in [3.05, 3.63) is 11.8 Å². The first-order valence-electron chi connectivity index (χ1n) is 3.89. The first kappa shape index (κ1) is 9.32. The molecule has 0 aromatic carbocycles. The maximum Gasteiger partial charge on any atom is 0.186 e. The summed E-state index contributed by atoms with van der Waals surface area (Å²) in [5, 5.41) is 3.70. The van der Waals surface area contributed by atoms with E-state index in [4.69, 9.17) is 0 Å². The largest absolute Gasteiger partial charge is 0.368 e. The fourth-order valence-electron chi connectivity index (χ4n) is 0.923. The first-order valence-corrected chi connectivity index (χ1v) is 4.34. The van der Waals surface area contributed by atoms with Crippen LogP contribution in [0.4, 0.5) is 5.82 Å². The second-order valence-electron chi connectivity index (χ2n) is 2.99. The van der Waals surface area contributed by atoms with E-state index in [1.54, 1.807) is 0 Å². The van der Waals surface area contributed by atoms with E-state index in [0.29, 0.717) is 11.2 Å². The summed E-state index contributed by atoms with van der Waals surface area (Å²) in [4.78, 5) is 8.17. The summed E-state index contributed by atoms with van der Waals surface area (Å²) in [7, 11) is 0. The van der Waals surface area contributed by atoms with Gasteiger partial charge in [-0.25, -0.2) is 9.97 Å². The van der Waals surface area contributed by atoms with Crippen molar-refractivity contribution in [2.75, 3.05) is 5.32 Å². The second kappa shape index (κ2) is 3.76. The van der Waals surface area contributed by atoms with Gasteiger partial charge < -0.3 is 5.32 Å². The van der Waals surface area contributed by atoms with Gasteiger partial charge in [0.2, 0.25) is 0 Å². The molecule has 0 radical (unpaired) electrons. The van der Waals surface area contributed by atoms with Crippen molar-refractivity contribution in [1.82, 2.24) is 9.97 Å². The predicted molar refractivity (Wildman–Crippen MR) is 52.8 cm³/mol. The zero-order valence-corrected chi connectivity index (χ0v) is 8.39. The minimum atomic E-state index is 0.382. The Balaban J connectivity index is 2.85. The Labute approximate surface area is 78.0 Å². The third kappa shape index (κ3) is 2.70. The highest BCUT2D eigenvalue weighted by Crippen LogP contribution is 2.09. The Kier molecular flexibility index (Phi) is 2.92. The second-order valence-corrected chi connectivity index (χ2v) is 3.39. The van der Waals surface area contributed by atoms with E-state index in [9.17, 15) is 0 Å². The van der Waals surface area contributed by atoms with Gasteiger partial charge in [0.25, 0.3) is 0 Å². The van der Waals surface area contributed by atoms with Gasteiger partial charge in [0.05, 0.1) is 0 Å². The summed E-state index contributed by atoms with van der Waals surface area (Å²) in [6.07, 6.45) is 0. The van der Waals surface area contributed by atoms with Crippen molar-refractivity contribution in [3.63, 3.8) is 0 Å². The normalized spacial score (nSPS) is 10.4. The molecule has 0 saturated carbocycles. The molecule has 1 aromatic rings. The van der Waals surface area contributed by atoms with Gasteiger partial charge in [-0.05, 0) is 20.8 Å². The van der Waals surface area contributed by atoms with E-state index < -0.39 is 0 Å². The van der Waals surface area contributed by atoms with Crippen LogP contribution in [-0.4, -0.2) is 16.0 Å². The summed E-state index contributed by atoms with van der Waals surface area (Å²) in [6.45, 7) is 6.05. The quantitative estimate of drug-likeness (QED) is 0.543. The molecule has 0 fully saturated rings. The molecule has 0 aliphatic rings. The van der Waals surface area contributed by atoms with Gasteiger partial charge in [-0.15, -0.1) is 12.6 Å². The fourth-order valence-corrected chi connectivity index (χ4v) is 1.19. The summed E-state index contributed by atoms with van der Waals surface area (Å²) in [5.41, 5.74) is 0.929. The molecule has 66 valence electrons. The maximum atomic E-state index is 4.12. The molecule has 0 aliphatic carbocycles. The highest BCUT2D eigenvalue weighted by atomic mass is 32.1. The van der Waals surface area contributed by atoms with Crippen molar-refractivity contribution in [2.24, 2.45) is 0 Å². The third-order valence-electron chi connectivity index (χ3n) is 1.28. The number of hydrogen-bond donors (Lipinski definition) is 2. The van der Waals surface area contributed by atoms with Crippen LogP contribution < -0.4 is 5.32 Å². The van der Waals surface area contributed by atoms with E-state index in [1.807, 2.05) is 13.0 Å². The van der Waals surface area contributed by atoms with Gasteiger partial charge in [-0.3, -0.25) is 0 Å². The number of hydrogen-bond acceptors (Lipinski definition) is 4. The van der Waals surface area contributed by atoms with Crippen molar-refractivity contribution in [3.8, 4) is 0 Å². The Hall–Kier alpha value is -0.770. The molecule has 1 aromatic heterocycles. The molecule has 3 nitrogen and oxygen atoms in total. The van der Waals surface area contributed by atoms with Gasteiger partial charge in [-0.2, -0.15) is 0 Å². The predicted octanol–water partition coefficient (Wildman–Crippen LogP) is 1.89. The highest BCUT2D eigenvalue weighted by molar-refractivity contribution is 7.80. The molecule has 12 heavy (non-hydrogen) atoms. The molecule has 1 heterocycles. The van der Waals surface area contributed by atoms with Crippen molar-refractivity contribution < 1.29 is 0 Å². The van der Waals surface area contributed by atoms with E-state index in [1.165, 1.54) is 0 Å². The van der Waals surface area contributed by atoms with Crippen LogP contribution in [0.3, 0.4) is 0 Å². The van der Waals surface area contributed by atoms with Crippen LogP contribution in [0.1, 0.15) is 19.5 Å². The monoisotopic (exact) mass is 183 g/mol. The molecular weight excluding hydrogens is 170 g/mol. The van der Waals surface area contributed by atoms with E-state index >= 15 is 0 Å². The van der Waals surface area contributed by atoms with Crippen LogP contribution in [-0.2, 0) is 0 Å². The molecule has 0 bridgehead atoms. The standard InChI is InChI=1S/C8H13N3S/c1-5(2)9-7-4-6(3)10-8(12)11-7/h4-5H,1-3H3,(H2,9,10,11,12). The highest BCUT2D eigenvalue weighted by Gasteiger charge is 1.99. The number of nitrogens with one attached hydrogen (secondary N) is 1. The van der Waals surface area contributed by atoms with Crippen LogP contribution in [0.25, 0.3) is 0 Å². The van der Waals surface area contributed by atoms with E-state index in [0.717, 1.165) is 11.5 Å². The molecule has 4 heteroatoms. The molecule has 0 atom stereocenters. The molecule has 0 unspecified atom stereocenters. The third-order valence-corrected chi connectivity index (χ3v) is 1.48. The molecule has 1 N–H and O–H groups in total. The number of rotatable bonds is 2. The van der Waals surface area contributed by atoms with Crippen LogP contribution in [0.15, 0.2) is 11.2 Å². The van der Waals surface area contributed by atoms with Crippen molar-refractivity contribution in [2.45, 2.75) is 32.0 Å². The van der Waals surface area contributed by atoms with Crippen LogP contribution in [0, 0.1) is 6.92 Å². The van der Waals surface area contributed by atoms with Gasteiger partial charge in [-0.1, -0.05) is 0 Å². The van der Waals surface area contributed by atoms with Gasteiger partial charge >= 0.3 is 0 Å². The SMILES string of the molecule is Cc1cc(NC(C)C)nc(S)n1. The first-order chi connectivity index (χ1) is 5.58. The summed E-state index contributed by atoms with van der Waals surface area (Å²) in [5.74, 6) is 0.836. The van der Waals surface area contributed by atoms with E-state index in [2.05, 4.69) is 41.8 Å². The minimum Gasteiger partial charge on any atom is -0.368 e. The number of aromatic nitrogens is 2. The average Bonchev–Trinajstić information content (AvgIpc) is 1.81. The van der Waals surface area contributed by atoms with Gasteiger partial charge in [0.15, 0.2) is 5.16 Å². The topological polar surface area (TPSA) is 37.8 Å². The molecule has 0 aliphatic heterocycles.